The van der Waals surface area contributed by atoms with Gasteiger partial charge in [0.2, 0.25) is 0 Å². The Kier molecular flexibility index (Phi) is 1.52. The molecule has 0 atom stereocenters. The third-order valence-electron chi connectivity index (χ3n) is 0.593. The zero-order valence-electron chi connectivity index (χ0n) is 4.10. The summed E-state index contributed by atoms with van der Waals surface area (Å²) in [5, 5.41) is 6.61. The second-order valence-electron chi connectivity index (χ2n) is 1.19. The van der Waals surface area contributed by atoms with Crippen molar-refractivity contribution in [3.8, 4) is 0 Å². The van der Waals surface area contributed by atoms with Crippen molar-refractivity contribution in [3.63, 3.8) is 0 Å². The maximum absolute atomic E-state index is 10.4. The van der Waals surface area contributed by atoms with Crippen molar-refractivity contribution < 1.29 is 7.67 Å². The summed E-state index contributed by atoms with van der Waals surface area (Å²) in [5.41, 5.74) is 0. The van der Waals surface area contributed by atoms with Gasteiger partial charge >= 0.3 is 56.2 Å². The molecule has 1 heterocycles. The van der Waals surface area contributed by atoms with Crippen LogP contribution in [0.15, 0.2) is 12.4 Å². The van der Waals surface area contributed by atoms with E-state index in [2.05, 4.69) is 10.2 Å². The topological polar surface area (TPSA) is 64.8 Å². The van der Waals surface area contributed by atoms with E-state index in [1.54, 1.807) is 0 Å². The molecular weight excluding hydrogens is 212 g/mol. The van der Waals surface area contributed by atoms with E-state index in [4.69, 9.17) is 10.1 Å². The Balaban J connectivity index is 3.20. The van der Waals surface area contributed by atoms with Crippen LogP contribution in [-0.4, -0.2) is 26.0 Å². The molecule has 0 bridgehead atoms. The normalized spacial score (nSPS) is 11.7. The molecule has 0 saturated carbocycles. The monoisotopic (exact) mass is 215 g/mol. The van der Waals surface area contributed by atoms with Crippen molar-refractivity contribution in [1.29, 1.82) is 0 Å². The summed E-state index contributed by atoms with van der Waals surface area (Å²) in [5.74, 6) is 0. The molecule has 9 heavy (non-hydrogen) atoms. The molecule has 50 valence electrons. The van der Waals surface area contributed by atoms with Gasteiger partial charge in [-0.2, -0.15) is 0 Å². The summed E-state index contributed by atoms with van der Waals surface area (Å²) >= 11 is -4.48. The van der Waals surface area contributed by atoms with Crippen molar-refractivity contribution in [3.05, 3.63) is 12.4 Å². The van der Waals surface area contributed by atoms with Crippen LogP contribution in [0.3, 0.4) is 0 Å². The van der Waals surface area contributed by atoms with Crippen LogP contribution < -0.4 is 0 Å². The van der Waals surface area contributed by atoms with Crippen molar-refractivity contribution in [2.75, 3.05) is 0 Å². The fourth-order valence-corrected chi connectivity index (χ4v) is 1.39. The molecule has 1 aromatic rings. The van der Waals surface area contributed by atoms with Gasteiger partial charge in [-0.3, -0.25) is 0 Å². The fraction of sp³-hybridized carbons (Fsp3) is 0. The molecular formula is C2H2ClN3O2Se. The van der Waals surface area contributed by atoms with E-state index in [-0.39, 0.29) is 0 Å². The molecule has 0 radical (unpaired) electrons. The van der Waals surface area contributed by atoms with Crippen LogP contribution in [0.1, 0.15) is 0 Å². The molecule has 0 aliphatic carbocycles. The van der Waals surface area contributed by atoms with E-state index < -0.39 is 12.0 Å². The third kappa shape index (κ3) is 1.48. The zero-order chi connectivity index (χ0) is 6.91. The number of rotatable bonds is 1. The zero-order valence-corrected chi connectivity index (χ0v) is 6.57. The Morgan fingerprint density at radius 2 is 1.78 bits per heavy atom. The second-order valence-corrected chi connectivity index (χ2v) is 5.63. The number of aromatic nitrogens is 3. The summed E-state index contributed by atoms with van der Waals surface area (Å²) < 4.78 is 21.2. The van der Waals surface area contributed by atoms with E-state index >= 15 is 0 Å². The van der Waals surface area contributed by atoms with E-state index in [1.165, 1.54) is 12.4 Å². The van der Waals surface area contributed by atoms with Gasteiger partial charge in [-0.05, 0) is 0 Å². The van der Waals surface area contributed by atoms with Crippen molar-refractivity contribution in [2.24, 2.45) is 0 Å². The van der Waals surface area contributed by atoms with Gasteiger partial charge in [0, 0.05) is 0 Å². The first-order valence-corrected chi connectivity index (χ1v) is 6.34. The quantitative estimate of drug-likeness (QED) is 0.600. The van der Waals surface area contributed by atoms with Crippen LogP contribution in [0, 0.1) is 0 Å². The first-order valence-electron chi connectivity index (χ1n) is 1.92. The molecule has 0 unspecified atom stereocenters. The minimum atomic E-state index is -4.48. The Hall–Kier alpha value is -0.451. The van der Waals surface area contributed by atoms with Gasteiger partial charge in [-0.25, -0.2) is 0 Å². The van der Waals surface area contributed by atoms with Crippen molar-refractivity contribution >= 4 is 22.1 Å². The van der Waals surface area contributed by atoms with Gasteiger partial charge in [0.05, 0.1) is 0 Å². The molecule has 0 N–H and O–H groups in total. The molecule has 0 fully saturated rings. The van der Waals surface area contributed by atoms with Crippen LogP contribution in [0.25, 0.3) is 0 Å². The third-order valence-corrected chi connectivity index (χ3v) is 2.45. The molecule has 0 spiro atoms. The van der Waals surface area contributed by atoms with Gasteiger partial charge in [0.25, 0.3) is 0 Å². The average Bonchev–Trinajstić information content (AvgIpc) is 2.08. The fourth-order valence-electron chi connectivity index (χ4n) is 0.316. The molecule has 0 saturated heterocycles. The average molecular weight is 214 g/mol. The first-order chi connectivity index (χ1) is 4.11. The maximum atomic E-state index is 10.4. The van der Waals surface area contributed by atoms with Crippen LogP contribution in [-0.2, 0) is 7.67 Å². The molecule has 0 aromatic carbocycles. The van der Waals surface area contributed by atoms with E-state index in [0.29, 0.717) is 3.81 Å². The molecule has 5 nitrogen and oxygen atoms in total. The second kappa shape index (κ2) is 2.06. The van der Waals surface area contributed by atoms with E-state index in [9.17, 15) is 7.67 Å². The van der Waals surface area contributed by atoms with Crippen molar-refractivity contribution in [1.82, 2.24) is 14.0 Å². The number of nitrogens with zero attached hydrogens (tertiary/aromatic N) is 3. The van der Waals surface area contributed by atoms with Crippen LogP contribution in [0.2, 0.25) is 0 Å². The number of hydrogen-bond acceptors (Lipinski definition) is 4. The predicted molar refractivity (Wildman–Crippen MR) is 28.4 cm³/mol. The molecule has 0 aliphatic heterocycles. The molecule has 1 rings (SSSR count). The van der Waals surface area contributed by atoms with Crippen molar-refractivity contribution in [2.45, 2.75) is 0 Å². The summed E-state index contributed by atoms with van der Waals surface area (Å²) in [6.45, 7) is 0. The predicted octanol–water partition coefficient (Wildman–Crippen LogP) is -0.338. The molecule has 7 heteroatoms. The Bertz CT molecular complexity index is 277. The summed E-state index contributed by atoms with van der Waals surface area (Å²) in [4.78, 5) is 0. The molecule has 0 amide bonds. The number of halogens is 1. The van der Waals surface area contributed by atoms with E-state index in [0.717, 1.165) is 0 Å². The van der Waals surface area contributed by atoms with Crippen LogP contribution in [0.5, 0.6) is 0 Å². The standard InChI is InChI=1S/C2H2ClN3O2Se/c3-9(7,8)6-4-1-2-5-6/h1-2H. The molecule has 0 aliphatic rings. The molecule has 1 aromatic heterocycles. The van der Waals surface area contributed by atoms with Gasteiger partial charge < -0.3 is 0 Å². The van der Waals surface area contributed by atoms with Gasteiger partial charge in [0.15, 0.2) is 0 Å². The summed E-state index contributed by atoms with van der Waals surface area (Å²) in [6, 6.07) is 0. The van der Waals surface area contributed by atoms with Gasteiger partial charge in [-0.1, -0.05) is 0 Å². The minimum absolute atomic E-state index is 0.498. The summed E-state index contributed by atoms with van der Waals surface area (Å²) in [7, 11) is 4.88. The van der Waals surface area contributed by atoms with Gasteiger partial charge in [0.1, 0.15) is 0 Å². The Morgan fingerprint density at radius 1 is 1.33 bits per heavy atom. The first kappa shape index (κ1) is 6.67. The van der Waals surface area contributed by atoms with Crippen LogP contribution in [0.4, 0.5) is 0 Å². The Labute approximate surface area is 56.7 Å². The van der Waals surface area contributed by atoms with Crippen LogP contribution >= 0.6 is 10.1 Å². The number of hydrogen-bond donors (Lipinski definition) is 0. The summed E-state index contributed by atoms with van der Waals surface area (Å²) in [6.07, 6.45) is 2.48. The SMILES string of the molecule is O=[Se](=O)(Cl)n1nccn1. The van der Waals surface area contributed by atoms with Gasteiger partial charge in [-0.15, -0.1) is 0 Å². The Morgan fingerprint density at radius 3 is 2.00 bits per heavy atom. The van der Waals surface area contributed by atoms with E-state index in [1.807, 2.05) is 0 Å².